The van der Waals surface area contributed by atoms with Crippen LogP contribution in [0.4, 0.5) is 0 Å². The Labute approximate surface area is 245 Å². The number of nitrogens with zero attached hydrogens (tertiary/aromatic N) is 5. The Bertz CT molecular complexity index is 1990. The third-order valence-corrected chi connectivity index (χ3v) is 7.44. The molecule has 202 valence electrons. The van der Waals surface area contributed by atoms with Crippen molar-refractivity contribution in [3.05, 3.63) is 127 Å². The van der Waals surface area contributed by atoms with Crippen molar-refractivity contribution in [1.82, 2.24) is 24.9 Å². The molecule has 0 spiro atoms. The van der Waals surface area contributed by atoms with Crippen molar-refractivity contribution < 1.29 is 0 Å². The van der Waals surface area contributed by atoms with Gasteiger partial charge in [-0.15, -0.1) is 0 Å². The molecule has 0 N–H and O–H groups in total. The van der Waals surface area contributed by atoms with Gasteiger partial charge in [-0.3, -0.25) is 0 Å². The molecule has 4 aromatic carbocycles. The first-order chi connectivity index (χ1) is 20.4. The molecule has 0 amide bonds. The smallest absolute Gasteiger partial charge is 0.182 e. The summed E-state index contributed by atoms with van der Waals surface area (Å²) in [5, 5.41) is 2.12. The van der Waals surface area contributed by atoms with Crippen LogP contribution < -0.4 is 0 Å². The highest BCUT2D eigenvalue weighted by Gasteiger charge is 2.21. The van der Waals surface area contributed by atoms with E-state index < -0.39 is 0 Å². The fourth-order valence-corrected chi connectivity index (χ4v) is 5.30. The molecule has 0 unspecified atom stereocenters. The van der Waals surface area contributed by atoms with E-state index in [1.807, 2.05) is 84.9 Å². The maximum absolute atomic E-state index is 5.20. The Morgan fingerprint density at radius 1 is 0.429 bits per heavy atom. The molecule has 0 aliphatic carbocycles. The molecule has 0 radical (unpaired) electrons. The highest BCUT2D eigenvalue weighted by Crippen LogP contribution is 2.36. The number of benzene rings is 4. The molecule has 0 saturated carbocycles. The van der Waals surface area contributed by atoms with Crippen molar-refractivity contribution in [2.75, 3.05) is 0 Å². The lowest BCUT2D eigenvalue weighted by Gasteiger charge is -2.23. The van der Waals surface area contributed by atoms with E-state index in [9.17, 15) is 0 Å². The van der Waals surface area contributed by atoms with Crippen molar-refractivity contribution in [1.29, 1.82) is 0 Å². The topological polar surface area (TPSA) is 64.5 Å². The number of hydrogen-bond donors (Lipinski definition) is 0. The summed E-state index contributed by atoms with van der Waals surface area (Å²) in [4.78, 5) is 25.0. The third-order valence-electron chi connectivity index (χ3n) is 7.44. The molecule has 3 aromatic heterocycles. The molecule has 42 heavy (non-hydrogen) atoms. The monoisotopic (exact) mass is 543 g/mol. The Balaban J connectivity index is 1.48. The van der Waals surface area contributed by atoms with Crippen LogP contribution in [0, 0.1) is 0 Å². The van der Waals surface area contributed by atoms with E-state index in [1.54, 1.807) is 0 Å². The van der Waals surface area contributed by atoms with Crippen molar-refractivity contribution in [2.45, 2.75) is 26.2 Å². The highest BCUT2D eigenvalue weighted by molar-refractivity contribution is 6.05. The van der Waals surface area contributed by atoms with Gasteiger partial charge in [0, 0.05) is 27.5 Å². The predicted octanol–water partition coefficient (Wildman–Crippen LogP) is 8.93. The van der Waals surface area contributed by atoms with Gasteiger partial charge in [0.25, 0.3) is 0 Å². The Kier molecular flexibility index (Phi) is 6.28. The highest BCUT2D eigenvalue weighted by atomic mass is 15.0. The van der Waals surface area contributed by atoms with E-state index in [0.717, 1.165) is 44.2 Å². The summed E-state index contributed by atoms with van der Waals surface area (Å²) in [6.07, 6.45) is 0. The lowest BCUT2D eigenvalue weighted by atomic mass is 9.83. The van der Waals surface area contributed by atoms with Crippen LogP contribution in [0.1, 0.15) is 26.3 Å². The summed E-state index contributed by atoms with van der Waals surface area (Å²) in [6, 6.07) is 40.9. The third kappa shape index (κ3) is 4.79. The van der Waals surface area contributed by atoms with E-state index in [2.05, 4.69) is 57.2 Å². The molecule has 0 aliphatic heterocycles. The largest absolute Gasteiger partial charge is 0.245 e. The van der Waals surface area contributed by atoms with Gasteiger partial charge in [-0.2, -0.15) is 0 Å². The average molecular weight is 544 g/mol. The number of rotatable bonds is 4. The molecule has 3 heterocycles. The maximum Gasteiger partial charge on any atom is 0.182 e. The molecular weight excluding hydrogens is 514 g/mol. The minimum atomic E-state index is -0.0839. The van der Waals surface area contributed by atoms with Gasteiger partial charge in [0.15, 0.2) is 17.5 Å². The molecule has 7 rings (SSSR count). The lowest BCUT2D eigenvalue weighted by Crippen LogP contribution is -2.12. The lowest BCUT2D eigenvalue weighted by molar-refractivity contribution is 0.595. The molecule has 5 nitrogen and oxygen atoms in total. The van der Waals surface area contributed by atoms with Gasteiger partial charge < -0.3 is 0 Å². The second-order valence-corrected chi connectivity index (χ2v) is 11.4. The van der Waals surface area contributed by atoms with Crippen LogP contribution in [0.2, 0.25) is 0 Å². The minimum Gasteiger partial charge on any atom is -0.245 e. The first-order valence-electron chi connectivity index (χ1n) is 14.1. The first kappa shape index (κ1) is 25.7. The molecule has 7 aromatic rings. The van der Waals surface area contributed by atoms with Crippen molar-refractivity contribution >= 4 is 21.8 Å². The SMILES string of the molecule is CC(C)(C)c1cc(-c2ccccc2)nc2c1ccc1ccc(-c3nc(-c4ccccc4)nc(-c4ccccc4)n3)nc12. The van der Waals surface area contributed by atoms with Crippen LogP contribution in [0.25, 0.3) is 67.4 Å². The summed E-state index contributed by atoms with van der Waals surface area (Å²) in [5.74, 6) is 1.74. The van der Waals surface area contributed by atoms with Crippen LogP contribution in [-0.2, 0) is 5.41 Å². The van der Waals surface area contributed by atoms with Crippen molar-refractivity contribution in [2.24, 2.45) is 0 Å². The second kappa shape index (κ2) is 10.3. The molecule has 0 bridgehead atoms. The Morgan fingerprint density at radius 2 is 0.929 bits per heavy atom. The van der Waals surface area contributed by atoms with Gasteiger partial charge in [-0.05, 0) is 23.1 Å². The van der Waals surface area contributed by atoms with Crippen LogP contribution >= 0.6 is 0 Å². The van der Waals surface area contributed by atoms with Gasteiger partial charge in [0.1, 0.15) is 5.69 Å². The van der Waals surface area contributed by atoms with Crippen LogP contribution in [0.15, 0.2) is 121 Å². The molecular formula is C37H29N5. The molecule has 0 aliphatic rings. The normalized spacial score (nSPS) is 11.7. The van der Waals surface area contributed by atoms with Gasteiger partial charge in [-0.1, -0.05) is 130 Å². The molecule has 0 fully saturated rings. The van der Waals surface area contributed by atoms with E-state index in [0.29, 0.717) is 23.2 Å². The molecule has 0 atom stereocenters. The van der Waals surface area contributed by atoms with E-state index in [4.69, 9.17) is 24.9 Å². The number of aromatic nitrogens is 5. The zero-order chi connectivity index (χ0) is 28.7. The summed E-state index contributed by atoms with van der Waals surface area (Å²) in [5.41, 5.74) is 7.40. The fourth-order valence-electron chi connectivity index (χ4n) is 5.30. The van der Waals surface area contributed by atoms with Gasteiger partial charge in [-0.25, -0.2) is 24.9 Å². The summed E-state index contributed by atoms with van der Waals surface area (Å²) < 4.78 is 0. The van der Waals surface area contributed by atoms with Gasteiger partial charge >= 0.3 is 0 Å². The Morgan fingerprint density at radius 3 is 1.50 bits per heavy atom. The number of fused-ring (bicyclic) bond motifs is 3. The Hall–Kier alpha value is -5.29. The zero-order valence-electron chi connectivity index (χ0n) is 23.8. The molecule has 0 saturated heterocycles. The standard InChI is InChI=1S/C37H29N5/c1-37(2,3)29-23-31(24-13-7-4-8-14-24)39-33-28(29)21-19-25-20-22-30(38-32(25)33)36-41-34(26-15-9-5-10-16-26)40-35(42-36)27-17-11-6-12-18-27/h4-23H,1-3H3. The second-order valence-electron chi connectivity index (χ2n) is 11.4. The average Bonchev–Trinajstić information content (AvgIpc) is 3.04. The van der Waals surface area contributed by atoms with Gasteiger partial charge in [0.05, 0.1) is 16.7 Å². The van der Waals surface area contributed by atoms with Crippen LogP contribution in [0.5, 0.6) is 0 Å². The van der Waals surface area contributed by atoms with E-state index >= 15 is 0 Å². The van der Waals surface area contributed by atoms with E-state index in [-0.39, 0.29) is 5.41 Å². The summed E-state index contributed by atoms with van der Waals surface area (Å²) in [6.45, 7) is 6.73. The fraction of sp³-hybridized carbons (Fsp3) is 0.108. The quantitative estimate of drug-likeness (QED) is 0.207. The van der Waals surface area contributed by atoms with Crippen LogP contribution in [0.3, 0.4) is 0 Å². The zero-order valence-corrected chi connectivity index (χ0v) is 23.8. The maximum atomic E-state index is 5.20. The van der Waals surface area contributed by atoms with Crippen LogP contribution in [-0.4, -0.2) is 24.9 Å². The molecule has 5 heteroatoms. The van der Waals surface area contributed by atoms with Gasteiger partial charge in [0.2, 0.25) is 0 Å². The van der Waals surface area contributed by atoms with Crippen molar-refractivity contribution in [3.63, 3.8) is 0 Å². The number of pyridine rings is 2. The number of hydrogen-bond acceptors (Lipinski definition) is 5. The summed E-state index contributed by atoms with van der Waals surface area (Å²) in [7, 11) is 0. The van der Waals surface area contributed by atoms with E-state index in [1.165, 1.54) is 5.56 Å². The van der Waals surface area contributed by atoms with Crippen molar-refractivity contribution in [3.8, 4) is 45.6 Å². The minimum absolute atomic E-state index is 0.0839. The first-order valence-corrected chi connectivity index (χ1v) is 14.1. The predicted molar refractivity (Wildman–Crippen MR) is 171 cm³/mol. The summed E-state index contributed by atoms with van der Waals surface area (Å²) >= 11 is 0.